The number of nitrogens with zero attached hydrogens (tertiary/aromatic N) is 6. The average Bonchev–Trinajstić information content (AvgIpc) is 3.00. The molecule has 10 nitrogen and oxygen atoms in total. The lowest BCUT2D eigenvalue weighted by Gasteiger charge is -2.16. The molecule has 0 saturated carbocycles. The van der Waals surface area contributed by atoms with Crippen molar-refractivity contribution in [3.8, 4) is 0 Å². The molecule has 1 N–H and O–H groups in total. The molecule has 2 aromatic rings. The molecule has 0 spiro atoms. The van der Waals surface area contributed by atoms with Crippen molar-refractivity contribution in [3.05, 3.63) is 18.3 Å². The molecule has 0 bridgehead atoms. The molecule has 0 aliphatic heterocycles. The van der Waals surface area contributed by atoms with Crippen LogP contribution in [-0.2, 0) is 16.6 Å². The maximum Gasteiger partial charge on any atom is 0.245 e. The third-order valence-corrected chi connectivity index (χ3v) is 3.94. The van der Waals surface area contributed by atoms with Crippen molar-refractivity contribution in [1.82, 2.24) is 24.8 Å². The maximum absolute atomic E-state index is 12.0. The molecule has 0 saturated heterocycles. The Morgan fingerprint density at radius 2 is 1.68 bits per heavy atom. The zero-order valence-corrected chi connectivity index (χ0v) is 13.5. The fraction of sp³-hybridized carbons (Fsp3) is 0.455. The summed E-state index contributed by atoms with van der Waals surface area (Å²) in [5.41, 5.74) is 0. The van der Waals surface area contributed by atoms with Crippen LogP contribution in [0.2, 0.25) is 0 Å². The lowest BCUT2D eigenvalue weighted by molar-refractivity contribution is 0.417. The third-order valence-electron chi connectivity index (χ3n) is 2.60. The van der Waals surface area contributed by atoms with Gasteiger partial charge in [-0.2, -0.15) is 15.0 Å². The Morgan fingerprint density at radius 3 is 2.14 bits per heavy atom. The first kappa shape index (κ1) is 16.1. The number of hydrogen-bond donors (Lipinski definition) is 1. The van der Waals surface area contributed by atoms with E-state index in [1.165, 1.54) is 0 Å². The second kappa shape index (κ2) is 6.23. The summed E-state index contributed by atoms with van der Waals surface area (Å²) in [7, 11) is 3.45. The van der Waals surface area contributed by atoms with Crippen LogP contribution in [0.25, 0.3) is 0 Å². The van der Waals surface area contributed by atoms with Gasteiger partial charge in [-0.25, -0.2) is 13.1 Å². The normalized spacial score (nSPS) is 11.5. The molecule has 0 aromatic carbocycles. The van der Waals surface area contributed by atoms with Gasteiger partial charge < -0.3 is 14.3 Å². The molecule has 2 heterocycles. The SMILES string of the molecule is CN(C)c1nc(CNS(=O)(=O)c2cnoc2)nc(N(C)C)n1. The Balaban J connectivity index is 2.22. The van der Waals surface area contributed by atoms with Gasteiger partial charge in [0.1, 0.15) is 11.2 Å². The van der Waals surface area contributed by atoms with Crippen molar-refractivity contribution in [3.63, 3.8) is 0 Å². The van der Waals surface area contributed by atoms with Gasteiger partial charge >= 0.3 is 0 Å². The van der Waals surface area contributed by atoms with Gasteiger partial charge in [-0.05, 0) is 0 Å². The van der Waals surface area contributed by atoms with E-state index in [2.05, 4.69) is 29.4 Å². The minimum absolute atomic E-state index is 0.0535. The number of aromatic nitrogens is 4. The largest absolute Gasteiger partial charge is 0.363 e. The number of sulfonamides is 1. The summed E-state index contributed by atoms with van der Waals surface area (Å²) in [6, 6.07) is 0. The average molecular weight is 327 g/mol. The van der Waals surface area contributed by atoms with E-state index in [1.54, 1.807) is 38.0 Å². The van der Waals surface area contributed by atoms with Crippen LogP contribution < -0.4 is 14.5 Å². The molecule has 0 unspecified atom stereocenters. The third kappa shape index (κ3) is 3.68. The summed E-state index contributed by atoms with van der Waals surface area (Å²) in [5, 5.41) is 3.37. The summed E-state index contributed by atoms with van der Waals surface area (Å²) in [5.74, 6) is 1.19. The fourth-order valence-corrected chi connectivity index (χ4v) is 2.28. The molecule has 120 valence electrons. The molecule has 0 aliphatic carbocycles. The topological polar surface area (TPSA) is 117 Å². The van der Waals surface area contributed by atoms with Crippen molar-refractivity contribution < 1.29 is 12.9 Å². The number of nitrogens with one attached hydrogen (secondary N) is 1. The Labute approximate surface area is 128 Å². The van der Waals surface area contributed by atoms with E-state index >= 15 is 0 Å². The van der Waals surface area contributed by atoms with Crippen molar-refractivity contribution in [2.75, 3.05) is 38.0 Å². The zero-order valence-electron chi connectivity index (χ0n) is 12.7. The first-order chi connectivity index (χ1) is 10.3. The Morgan fingerprint density at radius 1 is 1.09 bits per heavy atom. The molecule has 0 radical (unpaired) electrons. The molecular formula is C11H17N7O3S. The second-order valence-electron chi connectivity index (χ2n) is 4.83. The first-order valence-electron chi connectivity index (χ1n) is 6.28. The minimum atomic E-state index is -3.72. The Bertz CT molecular complexity index is 702. The van der Waals surface area contributed by atoms with Crippen LogP contribution in [0.1, 0.15) is 5.82 Å². The highest BCUT2D eigenvalue weighted by Gasteiger charge is 2.17. The molecule has 0 fully saturated rings. The van der Waals surface area contributed by atoms with E-state index in [1.807, 2.05) is 0 Å². The lowest BCUT2D eigenvalue weighted by Crippen LogP contribution is -2.26. The fourth-order valence-electron chi connectivity index (χ4n) is 1.45. The molecule has 22 heavy (non-hydrogen) atoms. The summed E-state index contributed by atoms with van der Waals surface area (Å²) < 4.78 is 30.9. The van der Waals surface area contributed by atoms with Gasteiger partial charge in [0.2, 0.25) is 21.9 Å². The van der Waals surface area contributed by atoms with E-state index in [9.17, 15) is 8.42 Å². The molecule has 0 atom stereocenters. The molecule has 11 heteroatoms. The maximum atomic E-state index is 12.0. The minimum Gasteiger partial charge on any atom is -0.363 e. The quantitative estimate of drug-likeness (QED) is 0.747. The van der Waals surface area contributed by atoms with E-state index in [0.717, 1.165) is 12.5 Å². The van der Waals surface area contributed by atoms with Gasteiger partial charge in [-0.1, -0.05) is 5.16 Å². The van der Waals surface area contributed by atoms with Gasteiger partial charge in [0, 0.05) is 28.2 Å². The van der Waals surface area contributed by atoms with E-state index in [0.29, 0.717) is 17.7 Å². The molecular weight excluding hydrogens is 310 g/mol. The predicted octanol–water partition coefficient (Wildman–Crippen LogP) is -0.530. The van der Waals surface area contributed by atoms with Crippen LogP contribution in [0.15, 0.2) is 21.9 Å². The number of anilines is 2. The summed E-state index contributed by atoms with van der Waals surface area (Å²) in [6.07, 6.45) is 2.17. The number of rotatable bonds is 6. The number of hydrogen-bond acceptors (Lipinski definition) is 9. The van der Waals surface area contributed by atoms with Gasteiger partial charge in [0.15, 0.2) is 5.82 Å². The smallest absolute Gasteiger partial charge is 0.245 e. The molecule has 0 aliphatic rings. The van der Waals surface area contributed by atoms with Crippen LogP contribution in [0.4, 0.5) is 11.9 Å². The first-order valence-corrected chi connectivity index (χ1v) is 7.76. The molecule has 0 amide bonds. The predicted molar refractivity (Wildman–Crippen MR) is 79.0 cm³/mol. The standard InChI is InChI=1S/C11H17N7O3S/c1-17(2)10-14-9(15-11(16-10)18(3)4)6-13-22(19,20)8-5-12-21-7-8/h5,7,13H,6H2,1-4H3. The molecule has 2 rings (SSSR count). The van der Waals surface area contributed by atoms with Crippen LogP contribution in [0.3, 0.4) is 0 Å². The van der Waals surface area contributed by atoms with Gasteiger partial charge in [-0.15, -0.1) is 0 Å². The Kier molecular flexibility index (Phi) is 4.56. The molecule has 2 aromatic heterocycles. The highest BCUT2D eigenvalue weighted by molar-refractivity contribution is 7.89. The van der Waals surface area contributed by atoms with E-state index < -0.39 is 10.0 Å². The zero-order chi connectivity index (χ0) is 16.3. The lowest BCUT2D eigenvalue weighted by atomic mass is 10.6. The summed E-state index contributed by atoms with van der Waals surface area (Å²) >= 11 is 0. The Hall–Kier alpha value is -2.27. The summed E-state index contributed by atoms with van der Waals surface area (Å²) in [4.78, 5) is 16.1. The van der Waals surface area contributed by atoms with Gasteiger partial charge in [0.05, 0.1) is 12.7 Å². The highest BCUT2D eigenvalue weighted by Crippen LogP contribution is 2.11. The van der Waals surface area contributed by atoms with Crippen LogP contribution >= 0.6 is 0 Å². The van der Waals surface area contributed by atoms with E-state index in [4.69, 9.17) is 0 Å². The van der Waals surface area contributed by atoms with Gasteiger partial charge in [0.25, 0.3) is 0 Å². The van der Waals surface area contributed by atoms with E-state index in [-0.39, 0.29) is 11.4 Å². The summed E-state index contributed by atoms with van der Waals surface area (Å²) in [6.45, 7) is -0.0717. The second-order valence-corrected chi connectivity index (χ2v) is 6.59. The van der Waals surface area contributed by atoms with Crippen LogP contribution in [-0.4, -0.2) is 56.7 Å². The van der Waals surface area contributed by atoms with Crippen molar-refractivity contribution in [1.29, 1.82) is 0 Å². The van der Waals surface area contributed by atoms with Crippen molar-refractivity contribution in [2.24, 2.45) is 0 Å². The van der Waals surface area contributed by atoms with Gasteiger partial charge in [-0.3, -0.25) is 0 Å². The monoisotopic (exact) mass is 327 g/mol. The highest BCUT2D eigenvalue weighted by atomic mass is 32.2. The van der Waals surface area contributed by atoms with Crippen LogP contribution in [0, 0.1) is 0 Å². The van der Waals surface area contributed by atoms with Crippen LogP contribution in [0.5, 0.6) is 0 Å². The van der Waals surface area contributed by atoms with Crippen molar-refractivity contribution >= 4 is 21.9 Å². The van der Waals surface area contributed by atoms with Crippen molar-refractivity contribution in [2.45, 2.75) is 11.4 Å².